The fourth-order valence-corrected chi connectivity index (χ4v) is 3.78. The van der Waals surface area contributed by atoms with E-state index in [9.17, 15) is 4.79 Å². The molecule has 1 aliphatic heterocycles. The van der Waals surface area contributed by atoms with Gasteiger partial charge in [0.2, 0.25) is 5.91 Å². The summed E-state index contributed by atoms with van der Waals surface area (Å²) in [6.45, 7) is 4.69. The molecular formula is C23H32N4O2. The number of piperidine rings is 1. The first-order valence-corrected chi connectivity index (χ1v) is 10.3. The van der Waals surface area contributed by atoms with E-state index in [0.29, 0.717) is 19.1 Å². The zero-order valence-electron chi connectivity index (χ0n) is 17.5. The van der Waals surface area contributed by atoms with Crippen molar-refractivity contribution in [3.63, 3.8) is 0 Å². The zero-order chi connectivity index (χ0) is 20.5. The molecule has 3 rings (SSSR count). The summed E-state index contributed by atoms with van der Waals surface area (Å²) in [5.74, 6) is 1.21. The monoisotopic (exact) mass is 396 g/mol. The van der Waals surface area contributed by atoms with Crippen molar-refractivity contribution in [3.05, 3.63) is 60.4 Å². The number of likely N-dealkylation sites (tertiary alicyclic amines) is 1. The number of pyridine rings is 1. The number of carbonyl (C=O) groups excluding carboxylic acids is 1. The predicted octanol–water partition coefficient (Wildman–Crippen LogP) is 2.28. The molecule has 0 saturated carbocycles. The van der Waals surface area contributed by atoms with Crippen molar-refractivity contribution in [3.8, 4) is 5.75 Å². The first-order chi connectivity index (χ1) is 14.1. The Balaban J connectivity index is 1.61. The molecule has 1 fully saturated rings. The van der Waals surface area contributed by atoms with Gasteiger partial charge in [0.15, 0.2) is 0 Å². The quantitative estimate of drug-likeness (QED) is 0.705. The Kier molecular flexibility index (Phi) is 8.02. The molecule has 1 N–H and O–H groups in total. The summed E-state index contributed by atoms with van der Waals surface area (Å²) in [6.07, 6.45) is 4.32. The van der Waals surface area contributed by atoms with E-state index in [1.165, 1.54) is 5.56 Å². The molecule has 29 heavy (non-hydrogen) atoms. The lowest BCUT2D eigenvalue weighted by atomic mass is 9.88. The van der Waals surface area contributed by atoms with Crippen LogP contribution in [0.15, 0.2) is 54.9 Å². The maximum Gasteiger partial charge on any atom is 0.224 e. The SMILES string of the molecule is CN(C)CCNC(=O)[C@@H]1C[C@H](COc2cccnc2)CN(Cc2ccccc2)C1. The summed E-state index contributed by atoms with van der Waals surface area (Å²) >= 11 is 0. The van der Waals surface area contributed by atoms with Crippen molar-refractivity contribution in [2.75, 3.05) is 46.9 Å². The first kappa shape index (κ1) is 21.3. The number of hydrogen-bond donors (Lipinski definition) is 1. The lowest BCUT2D eigenvalue weighted by Crippen LogP contribution is -2.48. The maximum atomic E-state index is 12.8. The molecule has 1 aromatic heterocycles. The number of nitrogens with one attached hydrogen (secondary N) is 1. The van der Waals surface area contributed by atoms with Crippen molar-refractivity contribution in [1.82, 2.24) is 20.1 Å². The highest BCUT2D eigenvalue weighted by atomic mass is 16.5. The Bertz CT molecular complexity index is 739. The van der Waals surface area contributed by atoms with E-state index in [2.05, 4.69) is 44.4 Å². The minimum atomic E-state index is -0.0166. The Morgan fingerprint density at radius 1 is 1.21 bits per heavy atom. The van der Waals surface area contributed by atoms with Crippen LogP contribution in [0.2, 0.25) is 0 Å². The number of carbonyl (C=O) groups is 1. The number of aromatic nitrogens is 1. The van der Waals surface area contributed by atoms with E-state index < -0.39 is 0 Å². The van der Waals surface area contributed by atoms with E-state index in [-0.39, 0.29) is 11.8 Å². The fourth-order valence-electron chi connectivity index (χ4n) is 3.78. The van der Waals surface area contributed by atoms with Crippen LogP contribution in [0.25, 0.3) is 0 Å². The molecule has 6 nitrogen and oxygen atoms in total. The lowest BCUT2D eigenvalue weighted by molar-refractivity contribution is -0.127. The Morgan fingerprint density at radius 3 is 2.76 bits per heavy atom. The van der Waals surface area contributed by atoms with Gasteiger partial charge in [0.05, 0.1) is 18.7 Å². The number of likely N-dealkylation sites (N-methyl/N-ethyl adjacent to an activating group) is 1. The second kappa shape index (κ2) is 10.9. The molecule has 0 bridgehead atoms. The van der Waals surface area contributed by atoms with Gasteiger partial charge in [-0.1, -0.05) is 30.3 Å². The third-order valence-electron chi connectivity index (χ3n) is 5.21. The number of ether oxygens (including phenoxy) is 1. The van der Waals surface area contributed by atoms with Gasteiger partial charge in [0.25, 0.3) is 0 Å². The Hall–Kier alpha value is -2.44. The number of benzene rings is 1. The van der Waals surface area contributed by atoms with Gasteiger partial charge in [-0.05, 0) is 38.2 Å². The van der Waals surface area contributed by atoms with Crippen LogP contribution >= 0.6 is 0 Å². The molecule has 1 aliphatic rings. The van der Waals surface area contributed by atoms with Crippen LogP contribution in [0.1, 0.15) is 12.0 Å². The number of rotatable bonds is 9. The molecule has 2 atom stereocenters. The molecule has 1 amide bonds. The van der Waals surface area contributed by atoms with Gasteiger partial charge >= 0.3 is 0 Å². The third kappa shape index (κ3) is 7.15. The van der Waals surface area contributed by atoms with Crippen molar-refractivity contribution < 1.29 is 9.53 Å². The molecule has 0 aliphatic carbocycles. The van der Waals surface area contributed by atoms with Crippen LogP contribution in [0.3, 0.4) is 0 Å². The van der Waals surface area contributed by atoms with Crippen LogP contribution in [-0.4, -0.2) is 67.6 Å². The van der Waals surface area contributed by atoms with Crippen LogP contribution < -0.4 is 10.1 Å². The van der Waals surface area contributed by atoms with Gasteiger partial charge in [0.1, 0.15) is 5.75 Å². The van der Waals surface area contributed by atoms with Crippen molar-refractivity contribution >= 4 is 5.91 Å². The molecule has 156 valence electrons. The minimum absolute atomic E-state index is 0.0166. The van der Waals surface area contributed by atoms with Gasteiger partial charge < -0.3 is 15.0 Å². The second-order valence-electron chi connectivity index (χ2n) is 8.07. The standard InChI is InChI=1S/C23H32N4O2/c1-26(2)12-11-25-23(28)21-13-20(18-29-22-9-6-10-24-14-22)16-27(17-21)15-19-7-4-3-5-8-19/h3-10,14,20-21H,11-13,15-18H2,1-2H3,(H,25,28)/t20-,21+/m0/s1. The zero-order valence-corrected chi connectivity index (χ0v) is 17.5. The topological polar surface area (TPSA) is 57.7 Å². The fraction of sp³-hybridized carbons (Fsp3) is 0.478. The maximum absolute atomic E-state index is 12.8. The van der Waals surface area contributed by atoms with E-state index in [1.807, 2.05) is 32.3 Å². The molecule has 0 radical (unpaired) electrons. The highest BCUT2D eigenvalue weighted by Gasteiger charge is 2.32. The summed E-state index contributed by atoms with van der Waals surface area (Å²) < 4.78 is 5.96. The lowest BCUT2D eigenvalue weighted by Gasteiger charge is -2.37. The number of hydrogen-bond acceptors (Lipinski definition) is 5. The summed E-state index contributed by atoms with van der Waals surface area (Å²) in [7, 11) is 4.03. The molecule has 0 spiro atoms. The minimum Gasteiger partial charge on any atom is -0.492 e. The normalized spacial score (nSPS) is 19.8. The van der Waals surface area contributed by atoms with Gasteiger partial charge in [-0.3, -0.25) is 14.7 Å². The van der Waals surface area contributed by atoms with Gasteiger partial charge in [-0.25, -0.2) is 0 Å². The average molecular weight is 397 g/mol. The highest BCUT2D eigenvalue weighted by Crippen LogP contribution is 2.25. The highest BCUT2D eigenvalue weighted by molar-refractivity contribution is 5.79. The molecular weight excluding hydrogens is 364 g/mol. The molecule has 6 heteroatoms. The molecule has 2 heterocycles. The third-order valence-corrected chi connectivity index (χ3v) is 5.21. The molecule has 2 aromatic rings. The van der Waals surface area contributed by atoms with Crippen molar-refractivity contribution in [2.24, 2.45) is 11.8 Å². The van der Waals surface area contributed by atoms with Crippen LogP contribution in [0.5, 0.6) is 5.75 Å². The van der Waals surface area contributed by atoms with Gasteiger partial charge in [-0.15, -0.1) is 0 Å². The summed E-state index contributed by atoms with van der Waals surface area (Å²) in [5, 5.41) is 3.10. The van der Waals surface area contributed by atoms with E-state index >= 15 is 0 Å². The summed E-state index contributed by atoms with van der Waals surface area (Å²) in [4.78, 5) is 21.4. The smallest absolute Gasteiger partial charge is 0.224 e. The van der Waals surface area contributed by atoms with Crippen molar-refractivity contribution in [2.45, 2.75) is 13.0 Å². The summed E-state index contributed by atoms with van der Waals surface area (Å²) in [6, 6.07) is 14.2. The van der Waals surface area contributed by atoms with Crippen LogP contribution in [0, 0.1) is 11.8 Å². The molecule has 1 saturated heterocycles. The molecule has 1 aromatic carbocycles. The largest absolute Gasteiger partial charge is 0.492 e. The van der Waals surface area contributed by atoms with Gasteiger partial charge in [-0.2, -0.15) is 0 Å². The Morgan fingerprint density at radius 2 is 2.03 bits per heavy atom. The molecule has 0 unspecified atom stereocenters. The average Bonchev–Trinajstić information content (AvgIpc) is 2.73. The van der Waals surface area contributed by atoms with E-state index in [1.54, 1.807) is 12.4 Å². The predicted molar refractivity (Wildman–Crippen MR) is 115 cm³/mol. The van der Waals surface area contributed by atoms with Crippen LogP contribution in [0.4, 0.5) is 0 Å². The van der Waals surface area contributed by atoms with E-state index in [0.717, 1.165) is 38.3 Å². The van der Waals surface area contributed by atoms with Gasteiger partial charge in [0, 0.05) is 44.8 Å². The number of amides is 1. The summed E-state index contributed by atoms with van der Waals surface area (Å²) in [5.41, 5.74) is 1.27. The van der Waals surface area contributed by atoms with Crippen LogP contribution in [-0.2, 0) is 11.3 Å². The first-order valence-electron chi connectivity index (χ1n) is 10.3. The van der Waals surface area contributed by atoms with E-state index in [4.69, 9.17) is 4.74 Å². The number of nitrogens with zero attached hydrogens (tertiary/aromatic N) is 3. The van der Waals surface area contributed by atoms with Crippen molar-refractivity contribution in [1.29, 1.82) is 0 Å². The Labute approximate surface area is 173 Å². The second-order valence-corrected chi connectivity index (χ2v) is 8.07.